The van der Waals surface area contributed by atoms with Crippen LogP contribution in [-0.2, 0) is 13.5 Å². The highest BCUT2D eigenvalue weighted by Gasteiger charge is 1.99. The number of nitrogens with one attached hydrogen (secondary N) is 2. The molecule has 0 unspecified atom stereocenters. The lowest BCUT2D eigenvalue weighted by Gasteiger charge is -2.11. The first kappa shape index (κ1) is 19.6. The molecular formula is C13H26IN5S. The molecule has 0 radical (unpaired) electrons. The molecule has 1 rings (SSSR count). The van der Waals surface area contributed by atoms with Crippen molar-refractivity contribution in [1.82, 2.24) is 20.4 Å². The number of thioether (sulfide) groups is 1. The zero-order valence-electron chi connectivity index (χ0n) is 12.6. The summed E-state index contributed by atoms with van der Waals surface area (Å²) in [6, 6.07) is 0. The zero-order chi connectivity index (χ0) is 13.9. The molecular weight excluding hydrogens is 385 g/mol. The van der Waals surface area contributed by atoms with Crippen molar-refractivity contribution in [3.05, 3.63) is 18.0 Å². The Balaban J connectivity index is 0.00000361. The van der Waals surface area contributed by atoms with E-state index in [1.54, 1.807) is 7.05 Å². The van der Waals surface area contributed by atoms with E-state index in [0.29, 0.717) is 0 Å². The summed E-state index contributed by atoms with van der Waals surface area (Å²) in [5.74, 6) is 2.11. The van der Waals surface area contributed by atoms with Gasteiger partial charge in [-0.3, -0.25) is 9.67 Å². The summed E-state index contributed by atoms with van der Waals surface area (Å²) in [5, 5.41) is 10.8. The fourth-order valence-corrected chi connectivity index (χ4v) is 2.22. The first-order valence-electron chi connectivity index (χ1n) is 6.67. The average Bonchev–Trinajstić information content (AvgIpc) is 2.82. The van der Waals surface area contributed by atoms with Crippen LogP contribution in [0.2, 0.25) is 0 Å². The SMILES string of the molecule is CN=C(NCCCCSC)NCCc1cnn(C)c1.I. The summed E-state index contributed by atoms with van der Waals surface area (Å²) in [7, 11) is 3.74. The maximum Gasteiger partial charge on any atom is 0.190 e. The average molecular weight is 411 g/mol. The summed E-state index contributed by atoms with van der Waals surface area (Å²) in [5.41, 5.74) is 1.24. The Morgan fingerprint density at radius 1 is 1.35 bits per heavy atom. The van der Waals surface area contributed by atoms with Gasteiger partial charge < -0.3 is 10.6 Å². The van der Waals surface area contributed by atoms with E-state index in [9.17, 15) is 0 Å². The highest BCUT2D eigenvalue weighted by molar-refractivity contribution is 14.0. The minimum absolute atomic E-state index is 0. The van der Waals surface area contributed by atoms with Gasteiger partial charge in [0.15, 0.2) is 5.96 Å². The van der Waals surface area contributed by atoms with Gasteiger partial charge in [0.2, 0.25) is 0 Å². The van der Waals surface area contributed by atoms with Gasteiger partial charge in [-0.15, -0.1) is 24.0 Å². The molecule has 0 atom stereocenters. The van der Waals surface area contributed by atoms with Crippen molar-refractivity contribution < 1.29 is 0 Å². The van der Waals surface area contributed by atoms with Crippen molar-refractivity contribution in [2.24, 2.45) is 12.0 Å². The topological polar surface area (TPSA) is 54.2 Å². The molecule has 1 heterocycles. The smallest absolute Gasteiger partial charge is 0.190 e. The van der Waals surface area contributed by atoms with Gasteiger partial charge in [-0.1, -0.05) is 0 Å². The number of aliphatic imine (C=N–C) groups is 1. The molecule has 0 saturated carbocycles. The van der Waals surface area contributed by atoms with Crippen LogP contribution in [0.15, 0.2) is 17.4 Å². The predicted molar refractivity (Wildman–Crippen MR) is 99.3 cm³/mol. The normalized spacial score (nSPS) is 11.1. The molecule has 0 fully saturated rings. The largest absolute Gasteiger partial charge is 0.356 e. The number of guanidine groups is 1. The van der Waals surface area contributed by atoms with Gasteiger partial charge >= 0.3 is 0 Å². The molecule has 20 heavy (non-hydrogen) atoms. The fraction of sp³-hybridized carbons (Fsp3) is 0.692. The number of halogens is 1. The lowest BCUT2D eigenvalue weighted by molar-refractivity contribution is 0.730. The number of unbranched alkanes of at least 4 members (excludes halogenated alkanes) is 1. The monoisotopic (exact) mass is 411 g/mol. The van der Waals surface area contributed by atoms with Crippen LogP contribution in [0.1, 0.15) is 18.4 Å². The maximum atomic E-state index is 4.21. The highest BCUT2D eigenvalue weighted by atomic mass is 127. The minimum atomic E-state index is 0. The number of hydrogen-bond acceptors (Lipinski definition) is 3. The lowest BCUT2D eigenvalue weighted by atomic mass is 10.2. The van der Waals surface area contributed by atoms with Crippen LogP contribution in [0.4, 0.5) is 0 Å². The third-order valence-electron chi connectivity index (χ3n) is 2.76. The van der Waals surface area contributed by atoms with Crippen LogP contribution < -0.4 is 10.6 Å². The number of hydrogen-bond donors (Lipinski definition) is 2. The van der Waals surface area contributed by atoms with Gasteiger partial charge in [0.1, 0.15) is 0 Å². The Kier molecular flexibility index (Phi) is 12.0. The molecule has 0 aliphatic carbocycles. The standard InChI is InChI=1S/C13H25N5S.HI/c1-14-13(15-7-4-5-9-19-3)16-8-6-12-10-17-18(2)11-12;/h10-11H,4-9H2,1-3H3,(H2,14,15,16);1H. The van der Waals surface area contributed by atoms with Crippen LogP contribution in [0.5, 0.6) is 0 Å². The zero-order valence-corrected chi connectivity index (χ0v) is 15.7. The second-order valence-electron chi connectivity index (χ2n) is 4.40. The Morgan fingerprint density at radius 2 is 2.10 bits per heavy atom. The summed E-state index contributed by atoms with van der Waals surface area (Å²) < 4.78 is 1.83. The summed E-state index contributed by atoms with van der Waals surface area (Å²) in [4.78, 5) is 4.21. The summed E-state index contributed by atoms with van der Waals surface area (Å²) in [6.07, 6.45) is 9.49. The summed E-state index contributed by atoms with van der Waals surface area (Å²) in [6.45, 7) is 1.85. The Labute approximate surface area is 143 Å². The maximum absolute atomic E-state index is 4.21. The van der Waals surface area contributed by atoms with E-state index in [2.05, 4.69) is 27.0 Å². The van der Waals surface area contributed by atoms with Gasteiger partial charge in [0.25, 0.3) is 0 Å². The number of rotatable bonds is 8. The van der Waals surface area contributed by atoms with Gasteiger partial charge in [-0.25, -0.2) is 0 Å². The van der Waals surface area contributed by atoms with E-state index >= 15 is 0 Å². The van der Waals surface area contributed by atoms with E-state index in [1.807, 2.05) is 35.9 Å². The van der Waals surface area contributed by atoms with E-state index < -0.39 is 0 Å². The number of aryl methyl sites for hydroxylation is 1. The van der Waals surface area contributed by atoms with Crippen molar-refractivity contribution in [3.63, 3.8) is 0 Å². The van der Waals surface area contributed by atoms with Gasteiger partial charge in [0.05, 0.1) is 6.20 Å². The molecule has 0 aliphatic rings. The van der Waals surface area contributed by atoms with E-state index in [1.165, 1.54) is 24.2 Å². The summed E-state index contributed by atoms with van der Waals surface area (Å²) >= 11 is 1.90. The van der Waals surface area contributed by atoms with E-state index in [-0.39, 0.29) is 24.0 Å². The molecule has 5 nitrogen and oxygen atoms in total. The Bertz CT molecular complexity index is 381. The third-order valence-corrected chi connectivity index (χ3v) is 3.45. The number of aromatic nitrogens is 2. The van der Waals surface area contributed by atoms with Gasteiger partial charge in [0, 0.05) is 33.4 Å². The van der Waals surface area contributed by atoms with Gasteiger partial charge in [-0.2, -0.15) is 16.9 Å². The Hall–Kier alpha value is -0.440. The van der Waals surface area contributed by atoms with E-state index in [4.69, 9.17) is 0 Å². The van der Waals surface area contributed by atoms with Crippen molar-refractivity contribution >= 4 is 41.7 Å². The van der Waals surface area contributed by atoms with Crippen LogP contribution in [0.3, 0.4) is 0 Å². The van der Waals surface area contributed by atoms with Gasteiger partial charge in [-0.05, 0) is 36.8 Å². The van der Waals surface area contributed by atoms with Crippen molar-refractivity contribution in [1.29, 1.82) is 0 Å². The predicted octanol–water partition coefficient (Wildman–Crippen LogP) is 1.89. The molecule has 7 heteroatoms. The molecule has 0 aromatic carbocycles. The molecule has 1 aromatic heterocycles. The van der Waals surface area contributed by atoms with Crippen LogP contribution in [-0.4, -0.2) is 47.9 Å². The van der Waals surface area contributed by atoms with E-state index in [0.717, 1.165) is 25.5 Å². The molecule has 116 valence electrons. The van der Waals surface area contributed by atoms with Crippen LogP contribution in [0, 0.1) is 0 Å². The van der Waals surface area contributed by atoms with Crippen molar-refractivity contribution in [2.75, 3.05) is 32.1 Å². The molecule has 1 aromatic rings. The van der Waals surface area contributed by atoms with Crippen LogP contribution in [0.25, 0.3) is 0 Å². The van der Waals surface area contributed by atoms with Crippen molar-refractivity contribution in [3.8, 4) is 0 Å². The first-order valence-corrected chi connectivity index (χ1v) is 8.06. The quantitative estimate of drug-likeness (QED) is 0.297. The molecule has 0 spiro atoms. The molecule has 0 amide bonds. The molecule has 0 bridgehead atoms. The second kappa shape index (κ2) is 12.3. The van der Waals surface area contributed by atoms with Crippen molar-refractivity contribution in [2.45, 2.75) is 19.3 Å². The highest BCUT2D eigenvalue weighted by Crippen LogP contribution is 1.98. The second-order valence-corrected chi connectivity index (χ2v) is 5.38. The molecule has 2 N–H and O–H groups in total. The molecule has 0 saturated heterocycles. The first-order chi connectivity index (χ1) is 9.26. The third kappa shape index (κ3) is 8.68. The number of nitrogens with zero attached hydrogens (tertiary/aromatic N) is 3. The van der Waals surface area contributed by atoms with Crippen LogP contribution >= 0.6 is 35.7 Å². The minimum Gasteiger partial charge on any atom is -0.356 e. The Morgan fingerprint density at radius 3 is 2.70 bits per heavy atom. The lowest BCUT2D eigenvalue weighted by Crippen LogP contribution is -2.38. The molecule has 0 aliphatic heterocycles. The fourth-order valence-electron chi connectivity index (χ4n) is 1.73.